The van der Waals surface area contributed by atoms with Crippen LogP contribution in [0.5, 0.6) is 0 Å². The molecule has 0 aromatic heterocycles. The van der Waals surface area contributed by atoms with E-state index in [2.05, 4.69) is 17.1 Å². The average Bonchev–Trinajstić information content (AvgIpc) is 2.60. The number of halogens is 3. The van der Waals surface area contributed by atoms with Gasteiger partial charge in [-0.3, -0.25) is 4.90 Å². The molecule has 1 unspecified atom stereocenters. The molecule has 18 heavy (non-hydrogen) atoms. The van der Waals surface area contributed by atoms with Gasteiger partial charge in [-0.25, -0.2) is 4.39 Å². The summed E-state index contributed by atoms with van der Waals surface area (Å²) in [7, 11) is 0. The highest BCUT2D eigenvalue weighted by molar-refractivity contribution is 6.30. The smallest absolute Gasteiger partial charge is 0.141 e. The number of nitrogens with one attached hydrogen (secondary N) is 1. The maximum Gasteiger partial charge on any atom is 0.141 e. The molecule has 2 rings (SSSR count). The Kier molecular flexibility index (Phi) is 6.36. The van der Waals surface area contributed by atoms with Gasteiger partial charge in [0.25, 0.3) is 0 Å². The third-order valence-corrected chi connectivity index (χ3v) is 3.64. The van der Waals surface area contributed by atoms with Gasteiger partial charge in [-0.1, -0.05) is 17.7 Å². The molecule has 1 heterocycles. The Labute approximate surface area is 119 Å². The fourth-order valence-electron chi connectivity index (χ4n) is 2.24. The first-order chi connectivity index (χ1) is 8.18. The van der Waals surface area contributed by atoms with Gasteiger partial charge in [-0.2, -0.15) is 0 Å². The fraction of sp³-hybridized carbons (Fsp3) is 0.538. The molecule has 0 aliphatic carbocycles. The van der Waals surface area contributed by atoms with Crippen LogP contribution in [-0.2, 0) is 0 Å². The van der Waals surface area contributed by atoms with Crippen LogP contribution < -0.4 is 5.32 Å². The number of benzene rings is 1. The Morgan fingerprint density at radius 2 is 2.11 bits per heavy atom. The Bertz CT molecular complexity index is 379. The van der Waals surface area contributed by atoms with E-state index in [1.807, 2.05) is 6.07 Å². The van der Waals surface area contributed by atoms with Crippen molar-refractivity contribution in [1.29, 1.82) is 0 Å². The van der Waals surface area contributed by atoms with Crippen LogP contribution in [0.2, 0.25) is 5.02 Å². The molecule has 0 spiro atoms. The van der Waals surface area contributed by atoms with Gasteiger partial charge in [0, 0.05) is 19.1 Å². The highest BCUT2D eigenvalue weighted by atomic mass is 35.5. The van der Waals surface area contributed by atoms with Crippen LogP contribution >= 0.6 is 24.0 Å². The Balaban J connectivity index is 0.00000162. The lowest BCUT2D eigenvalue weighted by molar-refractivity contribution is 0.225. The van der Waals surface area contributed by atoms with E-state index < -0.39 is 0 Å². The summed E-state index contributed by atoms with van der Waals surface area (Å²) in [4.78, 5) is 2.41. The molecule has 1 saturated heterocycles. The number of nitrogens with zero attached hydrogens (tertiary/aromatic N) is 1. The van der Waals surface area contributed by atoms with Gasteiger partial charge in [0.05, 0.1) is 5.02 Å². The minimum absolute atomic E-state index is 0. The van der Waals surface area contributed by atoms with E-state index in [0.29, 0.717) is 0 Å². The average molecular weight is 293 g/mol. The van der Waals surface area contributed by atoms with Crippen LogP contribution in [0.25, 0.3) is 0 Å². The van der Waals surface area contributed by atoms with Crippen molar-refractivity contribution in [3.05, 3.63) is 34.6 Å². The van der Waals surface area contributed by atoms with E-state index in [4.69, 9.17) is 11.6 Å². The molecule has 1 aliphatic heterocycles. The SMILES string of the molecule is CC(c1ccc(F)c(Cl)c1)N1CCCNCC1.Cl. The lowest BCUT2D eigenvalue weighted by atomic mass is 10.1. The van der Waals surface area contributed by atoms with Gasteiger partial charge in [-0.15, -0.1) is 12.4 Å². The molecular formula is C13H19Cl2FN2. The van der Waals surface area contributed by atoms with Crippen molar-refractivity contribution in [2.75, 3.05) is 26.2 Å². The lowest BCUT2D eigenvalue weighted by Crippen LogP contribution is -2.30. The first-order valence-electron chi connectivity index (χ1n) is 6.08. The summed E-state index contributed by atoms with van der Waals surface area (Å²) in [6, 6.07) is 5.29. The van der Waals surface area contributed by atoms with Crippen LogP contribution in [0.4, 0.5) is 4.39 Å². The maximum atomic E-state index is 13.1. The minimum atomic E-state index is -0.347. The predicted octanol–water partition coefficient (Wildman–Crippen LogP) is 3.26. The van der Waals surface area contributed by atoms with Crippen LogP contribution in [-0.4, -0.2) is 31.1 Å². The Hall–Kier alpha value is -0.350. The molecular weight excluding hydrogens is 274 g/mol. The third kappa shape index (κ3) is 3.82. The van der Waals surface area contributed by atoms with Gasteiger partial charge in [0.1, 0.15) is 5.82 Å². The van der Waals surface area contributed by atoms with Crippen molar-refractivity contribution in [2.45, 2.75) is 19.4 Å². The molecule has 5 heteroatoms. The van der Waals surface area contributed by atoms with Crippen LogP contribution in [0.15, 0.2) is 18.2 Å². The Morgan fingerprint density at radius 3 is 2.83 bits per heavy atom. The standard InChI is InChI=1S/C13H18ClFN2.ClH/c1-10(17-7-2-5-16-6-8-17)11-3-4-13(15)12(14)9-11;/h3-4,9-10,16H,2,5-8H2,1H3;1H. The molecule has 2 nitrogen and oxygen atoms in total. The van der Waals surface area contributed by atoms with E-state index >= 15 is 0 Å². The molecule has 1 fully saturated rings. The Morgan fingerprint density at radius 1 is 1.33 bits per heavy atom. The van der Waals surface area contributed by atoms with E-state index in [-0.39, 0.29) is 29.3 Å². The summed E-state index contributed by atoms with van der Waals surface area (Å²) in [5.74, 6) is -0.347. The second-order valence-electron chi connectivity index (χ2n) is 4.49. The molecule has 1 aliphatic rings. The predicted molar refractivity (Wildman–Crippen MR) is 76.1 cm³/mol. The van der Waals surface area contributed by atoms with Crippen molar-refractivity contribution in [3.8, 4) is 0 Å². The second kappa shape index (κ2) is 7.29. The molecule has 0 radical (unpaired) electrons. The van der Waals surface area contributed by atoms with Gasteiger partial charge in [0.2, 0.25) is 0 Å². The largest absolute Gasteiger partial charge is 0.315 e. The maximum absolute atomic E-state index is 13.1. The number of hydrogen-bond acceptors (Lipinski definition) is 2. The molecule has 0 amide bonds. The van der Waals surface area contributed by atoms with Crippen molar-refractivity contribution >= 4 is 24.0 Å². The van der Waals surface area contributed by atoms with Gasteiger partial charge < -0.3 is 5.32 Å². The van der Waals surface area contributed by atoms with E-state index in [0.717, 1.165) is 38.2 Å². The molecule has 1 aromatic carbocycles. The summed E-state index contributed by atoms with van der Waals surface area (Å²) in [5.41, 5.74) is 1.08. The van der Waals surface area contributed by atoms with E-state index in [9.17, 15) is 4.39 Å². The molecule has 102 valence electrons. The van der Waals surface area contributed by atoms with Gasteiger partial charge >= 0.3 is 0 Å². The first-order valence-corrected chi connectivity index (χ1v) is 6.46. The third-order valence-electron chi connectivity index (χ3n) is 3.35. The van der Waals surface area contributed by atoms with E-state index in [1.165, 1.54) is 6.07 Å². The number of rotatable bonds is 2. The van der Waals surface area contributed by atoms with Crippen molar-refractivity contribution in [2.24, 2.45) is 0 Å². The summed E-state index contributed by atoms with van der Waals surface area (Å²) >= 11 is 5.82. The first kappa shape index (κ1) is 15.7. The summed E-state index contributed by atoms with van der Waals surface area (Å²) < 4.78 is 13.1. The normalized spacial score (nSPS) is 18.8. The summed E-state index contributed by atoms with van der Waals surface area (Å²) in [5, 5.41) is 3.59. The zero-order valence-electron chi connectivity index (χ0n) is 10.5. The number of hydrogen-bond donors (Lipinski definition) is 1. The minimum Gasteiger partial charge on any atom is -0.315 e. The summed E-state index contributed by atoms with van der Waals surface area (Å²) in [6.07, 6.45) is 1.15. The van der Waals surface area contributed by atoms with Gasteiger partial charge in [-0.05, 0) is 44.1 Å². The quantitative estimate of drug-likeness (QED) is 0.900. The van der Waals surface area contributed by atoms with Crippen LogP contribution in [0.1, 0.15) is 24.9 Å². The zero-order valence-corrected chi connectivity index (χ0v) is 12.0. The van der Waals surface area contributed by atoms with Crippen molar-refractivity contribution < 1.29 is 4.39 Å². The lowest BCUT2D eigenvalue weighted by Gasteiger charge is -2.27. The van der Waals surface area contributed by atoms with Crippen molar-refractivity contribution in [1.82, 2.24) is 10.2 Å². The fourth-order valence-corrected chi connectivity index (χ4v) is 2.43. The summed E-state index contributed by atoms with van der Waals surface area (Å²) in [6.45, 7) is 6.33. The van der Waals surface area contributed by atoms with Gasteiger partial charge in [0.15, 0.2) is 0 Å². The second-order valence-corrected chi connectivity index (χ2v) is 4.90. The monoisotopic (exact) mass is 292 g/mol. The van der Waals surface area contributed by atoms with Crippen molar-refractivity contribution in [3.63, 3.8) is 0 Å². The highest BCUT2D eigenvalue weighted by Crippen LogP contribution is 2.25. The molecule has 1 N–H and O–H groups in total. The van der Waals surface area contributed by atoms with Crippen LogP contribution in [0, 0.1) is 5.82 Å². The molecule has 0 bridgehead atoms. The zero-order chi connectivity index (χ0) is 12.3. The molecule has 1 aromatic rings. The van der Waals surface area contributed by atoms with E-state index in [1.54, 1.807) is 6.07 Å². The van der Waals surface area contributed by atoms with Crippen LogP contribution in [0.3, 0.4) is 0 Å². The highest BCUT2D eigenvalue weighted by Gasteiger charge is 2.17. The molecule has 0 saturated carbocycles. The topological polar surface area (TPSA) is 15.3 Å². The molecule has 1 atom stereocenters.